The highest BCUT2D eigenvalue weighted by molar-refractivity contribution is 6.00. The van der Waals surface area contributed by atoms with Gasteiger partial charge in [-0.3, -0.25) is 9.59 Å². The summed E-state index contributed by atoms with van der Waals surface area (Å²) in [4.78, 5) is 29.6. The molecular weight excluding hydrogens is 364 g/mol. The number of ether oxygens (including phenoxy) is 1. The minimum atomic E-state index is -0.265. The first-order chi connectivity index (χ1) is 14.2. The largest absolute Gasteiger partial charge is 0.497 e. The van der Waals surface area contributed by atoms with E-state index >= 15 is 0 Å². The van der Waals surface area contributed by atoms with E-state index in [9.17, 15) is 9.59 Å². The lowest BCUT2D eigenvalue weighted by molar-refractivity contribution is -0.135. The summed E-state index contributed by atoms with van der Waals surface area (Å²) in [5.74, 6) is 1.00. The van der Waals surface area contributed by atoms with E-state index in [2.05, 4.69) is 24.3 Å². The van der Waals surface area contributed by atoms with Crippen molar-refractivity contribution in [1.82, 2.24) is 4.90 Å². The summed E-state index contributed by atoms with van der Waals surface area (Å²) in [6.07, 6.45) is 3.55. The third kappa shape index (κ3) is 4.29. The van der Waals surface area contributed by atoms with Crippen LogP contribution in [0, 0.1) is 5.92 Å². The van der Waals surface area contributed by atoms with Crippen LogP contribution in [0.15, 0.2) is 54.6 Å². The van der Waals surface area contributed by atoms with Crippen LogP contribution in [0.2, 0.25) is 0 Å². The number of anilines is 1. The maximum atomic E-state index is 13.3. The monoisotopic (exact) mass is 392 g/mol. The molecule has 2 aliphatic rings. The smallest absolute Gasteiger partial charge is 0.228 e. The highest BCUT2D eigenvalue weighted by Crippen LogP contribution is 2.31. The summed E-state index contributed by atoms with van der Waals surface area (Å²) in [5.41, 5.74) is 2.12. The van der Waals surface area contributed by atoms with Crippen LogP contribution in [-0.2, 0) is 9.59 Å². The van der Waals surface area contributed by atoms with Crippen LogP contribution in [-0.4, -0.2) is 43.5 Å². The summed E-state index contributed by atoms with van der Waals surface area (Å²) in [7, 11) is 1.62. The number of amides is 2. The fourth-order valence-electron chi connectivity index (χ4n) is 4.48. The zero-order chi connectivity index (χ0) is 20.2. The maximum Gasteiger partial charge on any atom is 0.228 e. The molecule has 152 valence electrons. The summed E-state index contributed by atoms with van der Waals surface area (Å²) in [6.45, 7) is 1.99. The first-order valence-corrected chi connectivity index (χ1v) is 10.4. The van der Waals surface area contributed by atoms with Gasteiger partial charge in [0.1, 0.15) is 5.75 Å². The van der Waals surface area contributed by atoms with E-state index in [1.807, 2.05) is 35.2 Å². The number of hydrogen-bond donors (Lipinski definition) is 0. The Balaban J connectivity index is 1.45. The van der Waals surface area contributed by atoms with Crippen molar-refractivity contribution in [3.8, 4) is 5.75 Å². The third-order valence-electron chi connectivity index (χ3n) is 6.11. The molecule has 0 bridgehead atoms. The number of hydrogen-bond acceptors (Lipinski definition) is 3. The molecule has 29 heavy (non-hydrogen) atoms. The van der Waals surface area contributed by atoms with E-state index in [-0.39, 0.29) is 24.2 Å². The van der Waals surface area contributed by atoms with Gasteiger partial charge in [0.05, 0.1) is 13.0 Å². The van der Waals surface area contributed by atoms with Gasteiger partial charge in [-0.25, -0.2) is 0 Å². The predicted molar refractivity (Wildman–Crippen MR) is 113 cm³/mol. The lowest BCUT2D eigenvalue weighted by atomic mass is 9.94. The topological polar surface area (TPSA) is 49.9 Å². The number of carbonyl (C=O) groups excluding carboxylic acids is 2. The number of carbonyl (C=O) groups is 2. The maximum absolute atomic E-state index is 13.3. The van der Waals surface area contributed by atoms with Crippen LogP contribution in [0.1, 0.15) is 37.2 Å². The van der Waals surface area contributed by atoms with Crippen LogP contribution < -0.4 is 9.64 Å². The van der Waals surface area contributed by atoms with Crippen LogP contribution in [0.3, 0.4) is 0 Å². The van der Waals surface area contributed by atoms with Gasteiger partial charge >= 0.3 is 0 Å². The van der Waals surface area contributed by atoms with Crippen molar-refractivity contribution in [1.29, 1.82) is 0 Å². The van der Waals surface area contributed by atoms with E-state index in [0.717, 1.165) is 43.8 Å². The molecule has 5 heteroatoms. The van der Waals surface area contributed by atoms with E-state index in [4.69, 9.17) is 4.74 Å². The lowest BCUT2D eigenvalue weighted by Gasteiger charge is -2.27. The van der Waals surface area contributed by atoms with Crippen LogP contribution >= 0.6 is 0 Å². The Kier molecular flexibility index (Phi) is 5.84. The number of nitrogens with zero attached hydrogens (tertiary/aromatic N) is 2. The summed E-state index contributed by atoms with van der Waals surface area (Å²) in [5, 5.41) is 0. The van der Waals surface area contributed by atoms with Gasteiger partial charge in [0, 0.05) is 37.7 Å². The molecule has 0 radical (unpaired) electrons. The van der Waals surface area contributed by atoms with Crippen LogP contribution in [0.5, 0.6) is 5.75 Å². The van der Waals surface area contributed by atoms with E-state index in [1.54, 1.807) is 12.0 Å². The molecule has 2 aromatic rings. The highest BCUT2D eigenvalue weighted by atomic mass is 16.5. The second-order valence-corrected chi connectivity index (χ2v) is 7.99. The van der Waals surface area contributed by atoms with Gasteiger partial charge in [-0.05, 0) is 42.7 Å². The Bertz CT molecular complexity index is 850. The van der Waals surface area contributed by atoms with Gasteiger partial charge in [0.25, 0.3) is 0 Å². The molecule has 2 heterocycles. The van der Waals surface area contributed by atoms with E-state index < -0.39 is 0 Å². The molecule has 2 atom stereocenters. The average molecular weight is 392 g/mol. The first kappa shape index (κ1) is 19.5. The standard InChI is InChI=1S/C24H28N2O3/c1-29-22-12-10-21(11-13-22)26-17-20(15-23(26)27)24(28)25-14-6-5-9-19(16-25)18-7-3-2-4-8-18/h2-4,7-8,10-13,19-20H,5-6,9,14-17H2,1H3. The molecular formula is C24H28N2O3. The fourth-order valence-corrected chi connectivity index (χ4v) is 4.48. The fraction of sp³-hybridized carbons (Fsp3) is 0.417. The predicted octanol–water partition coefficient (Wildman–Crippen LogP) is 3.84. The van der Waals surface area contributed by atoms with Gasteiger partial charge in [-0.1, -0.05) is 36.8 Å². The number of benzene rings is 2. The Morgan fingerprint density at radius 2 is 1.76 bits per heavy atom. The molecule has 2 saturated heterocycles. The molecule has 2 fully saturated rings. The molecule has 5 nitrogen and oxygen atoms in total. The molecule has 2 aliphatic heterocycles. The summed E-state index contributed by atoms with van der Waals surface area (Å²) in [6, 6.07) is 17.9. The van der Waals surface area contributed by atoms with Gasteiger partial charge in [-0.2, -0.15) is 0 Å². The first-order valence-electron chi connectivity index (χ1n) is 10.4. The molecule has 0 spiro atoms. The normalized spacial score (nSPS) is 22.4. The molecule has 0 aliphatic carbocycles. The molecule has 2 amide bonds. The Labute approximate surface area is 172 Å². The van der Waals surface area contributed by atoms with Crippen molar-refractivity contribution < 1.29 is 14.3 Å². The molecule has 0 saturated carbocycles. The summed E-state index contributed by atoms with van der Waals surface area (Å²) < 4.78 is 5.19. The third-order valence-corrected chi connectivity index (χ3v) is 6.11. The number of methoxy groups -OCH3 is 1. The number of rotatable bonds is 4. The zero-order valence-electron chi connectivity index (χ0n) is 16.9. The molecule has 2 unspecified atom stereocenters. The van der Waals surface area contributed by atoms with Crippen molar-refractivity contribution in [3.05, 3.63) is 60.2 Å². The van der Waals surface area contributed by atoms with Crippen molar-refractivity contribution in [2.24, 2.45) is 5.92 Å². The zero-order valence-corrected chi connectivity index (χ0v) is 16.9. The quantitative estimate of drug-likeness (QED) is 0.794. The van der Waals surface area contributed by atoms with Crippen LogP contribution in [0.25, 0.3) is 0 Å². The van der Waals surface area contributed by atoms with Crippen molar-refractivity contribution in [2.45, 2.75) is 31.6 Å². The number of likely N-dealkylation sites (tertiary alicyclic amines) is 1. The SMILES string of the molecule is COc1ccc(N2CC(C(=O)N3CCCCC(c4ccccc4)C3)CC2=O)cc1. The van der Waals surface area contributed by atoms with E-state index in [0.29, 0.717) is 12.5 Å². The molecule has 0 aromatic heterocycles. The van der Waals surface area contributed by atoms with Crippen LogP contribution in [0.4, 0.5) is 5.69 Å². The molecule has 4 rings (SSSR count). The average Bonchev–Trinajstić information content (AvgIpc) is 2.99. The minimum Gasteiger partial charge on any atom is -0.497 e. The lowest BCUT2D eigenvalue weighted by Crippen LogP contribution is -2.39. The van der Waals surface area contributed by atoms with Gasteiger partial charge in [0.2, 0.25) is 11.8 Å². The molecule has 0 N–H and O–H groups in total. The van der Waals surface area contributed by atoms with Crippen molar-refractivity contribution in [3.63, 3.8) is 0 Å². The van der Waals surface area contributed by atoms with Gasteiger partial charge in [0.15, 0.2) is 0 Å². The highest BCUT2D eigenvalue weighted by Gasteiger charge is 2.38. The Morgan fingerprint density at radius 3 is 2.48 bits per heavy atom. The Hall–Kier alpha value is -2.82. The van der Waals surface area contributed by atoms with Gasteiger partial charge in [-0.15, -0.1) is 0 Å². The van der Waals surface area contributed by atoms with E-state index in [1.165, 1.54) is 5.56 Å². The Morgan fingerprint density at radius 1 is 1.00 bits per heavy atom. The van der Waals surface area contributed by atoms with Crippen molar-refractivity contribution in [2.75, 3.05) is 31.6 Å². The van der Waals surface area contributed by atoms with Gasteiger partial charge < -0.3 is 14.5 Å². The summed E-state index contributed by atoms with van der Waals surface area (Å²) >= 11 is 0. The minimum absolute atomic E-state index is 0.0166. The molecule has 2 aromatic carbocycles. The second-order valence-electron chi connectivity index (χ2n) is 7.99. The second kappa shape index (κ2) is 8.68. The van der Waals surface area contributed by atoms with Crippen molar-refractivity contribution >= 4 is 17.5 Å².